The van der Waals surface area contributed by atoms with Gasteiger partial charge in [0.1, 0.15) is 11.9 Å². The van der Waals surface area contributed by atoms with Crippen molar-refractivity contribution in [3.8, 4) is 11.1 Å². The smallest absolute Gasteiger partial charge is 0.322 e. The van der Waals surface area contributed by atoms with Crippen molar-refractivity contribution < 1.29 is 19.1 Å². The van der Waals surface area contributed by atoms with E-state index in [4.69, 9.17) is 10.8 Å². The van der Waals surface area contributed by atoms with E-state index in [2.05, 4.69) is 10.4 Å². The molecule has 1 aromatic carbocycles. The van der Waals surface area contributed by atoms with Gasteiger partial charge in [0.15, 0.2) is 0 Å². The Morgan fingerprint density at radius 1 is 1.42 bits per heavy atom. The zero-order chi connectivity index (χ0) is 18.0. The second-order valence-electron chi connectivity index (χ2n) is 5.52. The van der Waals surface area contributed by atoms with E-state index in [0.717, 1.165) is 5.69 Å². The summed E-state index contributed by atoms with van der Waals surface area (Å²) in [4.78, 5) is 22.8. The molecule has 0 fully saturated rings. The van der Waals surface area contributed by atoms with Crippen LogP contribution in [-0.4, -0.2) is 39.4 Å². The van der Waals surface area contributed by atoms with Crippen molar-refractivity contribution in [1.29, 1.82) is 0 Å². The van der Waals surface area contributed by atoms with Crippen LogP contribution in [0.4, 0.5) is 4.39 Å². The van der Waals surface area contributed by atoms with Crippen molar-refractivity contribution in [3.63, 3.8) is 0 Å². The molecule has 0 aliphatic heterocycles. The minimum Gasteiger partial charge on any atom is -0.480 e. The van der Waals surface area contributed by atoms with Crippen LogP contribution in [0.1, 0.15) is 21.7 Å². The molecule has 1 aromatic heterocycles. The summed E-state index contributed by atoms with van der Waals surface area (Å²) in [6, 6.07) is 2.76. The molecular formula is C16H19FN4O3. The highest BCUT2D eigenvalue weighted by molar-refractivity contribution is 5.96. The molecule has 24 heavy (non-hydrogen) atoms. The van der Waals surface area contributed by atoms with Crippen LogP contribution in [0.25, 0.3) is 11.1 Å². The van der Waals surface area contributed by atoms with Crippen molar-refractivity contribution >= 4 is 11.9 Å². The molecule has 4 N–H and O–H groups in total. The molecule has 0 bridgehead atoms. The number of nitrogens with zero attached hydrogens (tertiary/aromatic N) is 2. The highest BCUT2D eigenvalue weighted by atomic mass is 19.1. The molecule has 1 atom stereocenters. The molecule has 0 aliphatic carbocycles. The van der Waals surface area contributed by atoms with Gasteiger partial charge in [-0.1, -0.05) is 0 Å². The maximum atomic E-state index is 14.2. The number of hydrogen-bond donors (Lipinski definition) is 3. The summed E-state index contributed by atoms with van der Waals surface area (Å²) < 4.78 is 15.9. The summed E-state index contributed by atoms with van der Waals surface area (Å²) in [7, 11) is 1.76. The van der Waals surface area contributed by atoms with E-state index in [-0.39, 0.29) is 17.7 Å². The predicted octanol–water partition coefficient (Wildman–Crippen LogP) is 0.985. The zero-order valence-corrected chi connectivity index (χ0v) is 13.6. The van der Waals surface area contributed by atoms with Gasteiger partial charge in [-0.05, 0) is 32.0 Å². The Morgan fingerprint density at radius 3 is 2.62 bits per heavy atom. The third-order valence-corrected chi connectivity index (χ3v) is 3.81. The van der Waals surface area contributed by atoms with Crippen molar-refractivity contribution in [2.75, 3.05) is 6.54 Å². The number of benzene rings is 1. The van der Waals surface area contributed by atoms with Crippen LogP contribution in [0, 0.1) is 19.7 Å². The van der Waals surface area contributed by atoms with Gasteiger partial charge >= 0.3 is 5.97 Å². The fraction of sp³-hybridized carbons (Fsp3) is 0.312. The molecule has 0 radical (unpaired) electrons. The Hall–Kier alpha value is -2.74. The second kappa shape index (κ2) is 6.79. The Labute approximate surface area is 138 Å². The number of hydrogen-bond acceptors (Lipinski definition) is 4. The van der Waals surface area contributed by atoms with Gasteiger partial charge in [-0.25, -0.2) is 4.39 Å². The van der Waals surface area contributed by atoms with Crippen molar-refractivity contribution in [3.05, 3.63) is 41.0 Å². The lowest BCUT2D eigenvalue weighted by Crippen LogP contribution is -2.42. The number of aryl methyl sites for hydroxylation is 2. The lowest BCUT2D eigenvalue weighted by atomic mass is 10.0. The average Bonchev–Trinajstić information content (AvgIpc) is 2.78. The lowest BCUT2D eigenvalue weighted by Gasteiger charge is -2.10. The molecule has 128 valence electrons. The van der Waals surface area contributed by atoms with E-state index in [9.17, 15) is 14.0 Å². The SMILES string of the molecule is Cc1nn(C)c(C)c1-c1cc(C(=O)NC[C@@H](N)C(=O)O)ccc1F. The van der Waals surface area contributed by atoms with Gasteiger partial charge in [0, 0.05) is 36.0 Å². The van der Waals surface area contributed by atoms with Gasteiger partial charge in [0.2, 0.25) is 0 Å². The number of halogens is 1. The van der Waals surface area contributed by atoms with Gasteiger partial charge in [-0.15, -0.1) is 0 Å². The molecular weight excluding hydrogens is 315 g/mol. The number of aliphatic carboxylic acids is 1. The van der Waals surface area contributed by atoms with Gasteiger partial charge in [0.25, 0.3) is 5.91 Å². The highest BCUT2D eigenvalue weighted by Crippen LogP contribution is 2.29. The normalized spacial score (nSPS) is 12.0. The van der Waals surface area contributed by atoms with E-state index >= 15 is 0 Å². The Morgan fingerprint density at radius 2 is 2.08 bits per heavy atom. The van der Waals surface area contributed by atoms with Crippen LogP contribution in [-0.2, 0) is 11.8 Å². The molecule has 1 heterocycles. The Bertz CT molecular complexity index is 801. The second-order valence-corrected chi connectivity index (χ2v) is 5.52. The number of carboxylic acids is 1. The topological polar surface area (TPSA) is 110 Å². The number of nitrogens with one attached hydrogen (secondary N) is 1. The maximum absolute atomic E-state index is 14.2. The summed E-state index contributed by atoms with van der Waals surface area (Å²) in [6.45, 7) is 3.36. The lowest BCUT2D eigenvalue weighted by molar-refractivity contribution is -0.138. The molecule has 0 unspecified atom stereocenters. The zero-order valence-electron chi connectivity index (χ0n) is 13.6. The average molecular weight is 334 g/mol. The van der Waals surface area contributed by atoms with E-state index in [0.29, 0.717) is 11.3 Å². The van der Waals surface area contributed by atoms with Crippen LogP contribution in [0.15, 0.2) is 18.2 Å². The van der Waals surface area contributed by atoms with Gasteiger partial charge in [-0.3, -0.25) is 14.3 Å². The Balaban J connectivity index is 2.32. The molecule has 7 nitrogen and oxygen atoms in total. The van der Waals surface area contributed by atoms with Crippen molar-refractivity contribution in [1.82, 2.24) is 15.1 Å². The number of nitrogens with two attached hydrogens (primary N) is 1. The van der Waals surface area contributed by atoms with E-state index in [1.165, 1.54) is 18.2 Å². The first-order chi connectivity index (χ1) is 11.2. The first-order valence-electron chi connectivity index (χ1n) is 7.29. The number of amides is 1. The van der Waals surface area contributed by atoms with Gasteiger partial charge in [-0.2, -0.15) is 5.10 Å². The number of rotatable bonds is 5. The first kappa shape index (κ1) is 17.6. The third-order valence-electron chi connectivity index (χ3n) is 3.81. The summed E-state index contributed by atoms with van der Waals surface area (Å²) in [5.74, 6) is -2.20. The van der Waals surface area contributed by atoms with Crippen LogP contribution >= 0.6 is 0 Å². The quantitative estimate of drug-likeness (QED) is 0.755. The largest absolute Gasteiger partial charge is 0.480 e. The van der Waals surface area contributed by atoms with Crippen LogP contribution in [0.3, 0.4) is 0 Å². The number of aromatic nitrogens is 2. The molecule has 2 aromatic rings. The van der Waals surface area contributed by atoms with Crippen LogP contribution < -0.4 is 11.1 Å². The van der Waals surface area contributed by atoms with E-state index in [1.807, 2.05) is 6.92 Å². The molecule has 0 saturated carbocycles. The van der Waals surface area contributed by atoms with E-state index in [1.54, 1.807) is 18.7 Å². The summed E-state index contributed by atoms with van der Waals surface area (Å²) >= 11 is 0. The number of carbonyl (C=O) groups excluding carboxylic acids is 1. The molecule has 0 saturated heterocycles. The monoisotopic (exact) mass is 334 g/mol. The minimum absolute atomic E-state index is 0.214. The van der Waals surface area contributed by atoms with E-state index < -0.39 is 23.7 Å². The number of carboxylic acid groups (broad SMARTS) is 1. The van der Waals surface area contributed by atoms with Crippen molar-refractivity contribution in [2.45, 2.75) is 19.9 Å². The standard InChI is InChI=1S/C16H19FN4O3/c1-8-14(9(2)21(3)20-8)11-6-10(4-5-12(11)17)15(22)19-7-13(18)16(23)24/h4-6,13H,7,18H2,1-3H3,(H,19,22)(H,23,24)/t13-/m1/s1. The summed E-state index contributed by atoms with van der Waals surface area (Å²) in [5.41, 5.74) is 7.89. The molecule has 0 aliphatic rings. The fourth-order valence-corrected chi connectivity index (χ4v) is 2.41. The van der Waals surface area contributed by atoms with Gasteiger partial charge in [0.05, 0.1) is 5.69 Å². The molecule has 2 rings (SSSR count). The third kappa shape index (κ3) is 3.43. The fourth-order valence-electron chi connectivity index (χ4n) is 2.41. The first-order valence-corrected chi connectivity index (χ1v) is 7.29. The summed E-state index contributed by atoms with van der Waals surface area (Å²) in [6.07, 6.45) is 0. The minimum atomic E-state index is -1.21. The summed E-state index contributed by atoms with van der Waals surface area (Å²) in [5, 5.41) is 15.4. The molecule has 1 amide bonds. The molecule has 8 heteroatoms. The maximum Gasteiger partial charge on any atom is 0.322 e. The van der Waals surface area contributed by atoms with Gasteiger partial charge < -0.3 is 16.2 Å². The van der Waals surface area contributed by atoms with Crippen LogP contribution in [0.2, 0.25) is 0 Å². The van der Waals surface area contributed by atoms with Crippen molar-refractivity contribution in [2.24, 2.45) is 12.8 Å². The van der Waals surface area contributed by atoms with Crippen LogP contribution in [0.5, 0.6) is 0 Å². The Kier molecular flexibility index (Phi) is 4.99. The molecule has 0 spiro atoms. The highest BCUT2D eigenvalue weighted by Gasteiger charge is 2.18. The predicted molar refractivity (Wildman–Crippen MR) is 86.0 cm³/mol. The number of carbonyl (C=O) groups is 2.